The van der Waals surface area contributed by atoms with Crippen molar-refractivity contribution in [2.45, 2.75) is 12.8 Å². The quantitative estimate of drug-likeness (QED) is 0.871. The molecule has 0 aliphatic carbocycles. The number of fused-ring (bicyclic) bond motifs is 1. The molecule has 0 amide bonds. The van der Waals surface area contributed by atoms with Crippen molar-refractivity contribution in [2.24, 2.45) is 5.92 Å². The van der Waals surface area contributed by atoms with E-state index in [1.165, 1.54) is 6.42 Å². The zero-order valence-electron chi connectivity index (χ0n) is 11.6. The van der Waals surface area contributed by atoms with Crippen molar-refractivity contribution < 1.29 is 4.74 Å². The lowest BCUT2D eigenvalue weighted by Crippen LogP contribution is -2.31. The van der Waals surface area contributed by atoms with Crippen molar-refractivity contribution >= 4 is 28.2 Å². The number of rotatable bonds is 3. The summed E-state index contributed by atoms with van der Waals surface area (Å²) in [6.07, 6.45) is 2.36. The van der Waals surface area contributed by atoms with Crippen molar-refractivity contribution in [1.82, 2.24) is 10.2 Å². The Morgan fingerprint density at radius 2 is 2.10 bits per heavy atom. The first-order valence-corrected chi connectivity index (χ1v) is 7.33. The molecule has 0 saturated carbocycles. The number of benzene rings is 1. The molecule has 4 nitrogen and oxygen atoms in total. The van der Waals surface area contributed by atoms with Crippen LogP contribution in [0.3, 0.4) is 0 Å². The average Bonchev–Trinajstić information content (AvgIpc) is 2.49. The molecule has 5 heteroatoms. The smallest absolute Gasteiger partial charge is 0.159 e. The number of hydrogen-bond donors (Lipinski definition) is 0. The topological polar surface area (TPSA) is 38.2 Å². The van der Waals surface area contributed by atoms with E-state index in [0.29, 0.717) is 11.1 Å². The first kappa shape index (κ1) is 13.6. The second kappa shape index (κ2) is 5.94. The number of nitrogens with zero attached hydrogens (tertiary/aromatic N) is 3. The normalized spacial score (nSPS) is 19.2. The maximum absolute atomic E-state index is 6.11. The summed E-state index contributed by atoms with van der Waals surface area (Å²) in [5.74, 6) is 1.44. The van der Waals surface area contributed by atoms with Gasteiger partial charge in [0, 0.05) is 31.0 Å². The zero-order chi connectivity index (χ0) is 13.9. The highest BCUT2D eigenvalue weighted by Crippen LogP contribution is 2.28. The Morgan fingerprint density at radius 3 is 2.85 bits per heavy atom. The summed E-state index contributed by atoms with van der Waals surface area (Å²) in [4.78, 5) is 2.16. The average molecular weight is 292 g/mol. The molecule has 2 heterocycles. The van der Waals surface area contributed by atoms with E-state index in [-0.39, 0.29) is 0 Å². The minimum absolute atomic E-state index is 0.457. The highest BCUT2D eigenvalue weighted by molar-refractivity contribution is 6.34. The summed E-state index contributed by atoms with van der Waals surface area (Å²) in [7, 11) is 2.05. The van der Waals surface area contributed by atoms with Crippen LogP contribution in [0.25, 0.3) is 10.8 Å². The van der Waals surface area contributed by atoms with Crippen molar-refractivity contribution in [3.63, 3.8) is 0 Å². The van der Waals surface area contributed by atoms with Crippen LogP contribution in [0.5, 0.6) is 0 Å². The van der Waals surface area contributed by atoms with Gasteiger partial charge in [0.15, 0.2) is 11.0 Å². The predicted molar refractivity (Wildman–Crippen MR) is 81.4 cm³/mol. The van der Waals surface area contributed by atoms with Gasteiger partial charge >= 0.3 is 0 Å². The predicted octanol–water partition coefficient (Wildman–Crippen LogP) is 3.15. The number of hydrogen-bond acceptors (Lipinski definition) is 4. The fraction of sp³-hybridized carbons (Fsp3) is 0.467. The van der Waals surface area contributed by atoms with Gasteiger partial charge in [0.1, 0.15) is 0 Å². The summed E-state index contributed by atoms with van der Waals surface area (Å²) in [6, 6.07) is 7.99. The van der Waals surface area contributed by atoms with Crippen LogP contribution in [-0.4, -0.2) is 37.0 Å². The largest absolute Gasteiger partial charge is 0.381 e. The minimum atomic E-state index is 0.457. The third-order valence-electron chi connectivity index (χ3n) is 3.77. The Morgan fingerprint density at radius 1 is 1.30 bits per heavy atom. The molecule has 1 aliphatic heterocycles. The number of ether oxygens (including phenoxy) is 1. The first-order chi connectivity index (χ1) is 9.75. The highest BCUT2D eigenvalue weighted by atomic mass is 35.5. The lowest BCUT2D eigenvalue weighted by molar-refractivity contribution is 0.0576. The van der Waals surface area contributed by atoms with Crippen LogP contribution >= 0.6 is 11.6 Å². The molecule has 1 aromatic carbocycles. The molecule has 0 N–H and O–H groups in total. The van der Waals surface area contributed by atoms with Crippen molar-refractivity contribution in [3.05, 3.63) is 29.4 Å². The van der Waals surface area contributed by atoms with E-state index in [1.54, 1.807) is 0 Å². The Hall–Kier alpha value is -1.39. The van der Waals surface area contributed by atoms with Gasteiger partial charge in [0.25, 0.3) is 0 Å². The third-order valence-corrected chi connectivity index (χ3v) is 4.05. The van der Waals surface area contributed by atoms with Gasteiger partial charge in [-0.15, -0.1) is 10.2 Å². The van der Waals surface area contributed by atoms with Crippen LogP contribution in [0, 0.1) is 5.92 Å². The van der Waals surface area contributed by atoms with E-state index in [0.717, 1.165) is 42.8 Å². The van der Waals surface area contributed by atoms with E-state index < -0.39 is 0 Å². The van der Waals surface area contributed by atoms with Gasteiger partial charge in [-0.05, 0) is 18.8 Å². The molecule has 3 rings (SSSR count). The van der Waals surface area contributed by atoms with Crippen LogP contribution in [-0.2, 0) is 4.74 Å². The van der Waals surface area contributed by atoms with Crippen LogP contribution in [0.1, 0.15) is 12.8 Å². The molecule has 106 valence electrons. The number of anilines is 1. The lowest BCUT2D eigenvalue weighted by Gasteiger charge is -2.28. The SMILES string of the molecule is CN(CC1CCCOC1)c1nnc(Cl)c2ccccc12. The van der Waals surface area contributed by atoms with Gasteiger partial charge in [-0.2, -0.15) is 0 Å². The van der Waals surface area contributed by atoms with Crippen LogP contribution in [0.4, 0.5) is 5.82 Å². The van der Waals surface area contributed by atoms with Crippen LogP contribution in [0.2, 0.25) is 5.15 Å². The van der Waals surface area contributed by atoms with E-state index in [2.05, 4.69) is 22.1 Å². The van der Waals surface area contributed by atoms with Crippen molar-refractivity contribution in [2.75, 3.05) is 31.7 Å². The first-order valence-electron chi connectivity index (χ1n) is 6.95. The summed E-state index contributed by atoms with van der Waals surface area (Å²) < 4.78 is 5.54. The number of aromatic nitrogens is 2. The van der Waals surface area contributed by atoms with Gasteiger partial charge in [0.2, 0.25) is 0 Å². The zero-order valence-corrected chi connectivity index (χ0v) is 12.3. The second-order valence-corrected chi connectivity index (χ2v) is 5.68. The molecular formula is C15H18ClN3O. The molecule has 2 aromatic rings. The van der Waals surface area contributed by atoms with Crippen molar-refractivity contribution in [1.29, 1.82) is 0 Å². The molecule has 1 saturated heterocycles. The lowest BCUT2D eigenvalue weighted by atomic mass is 10.0. The highest BCUT2D eigenvalue weighted by Gasteiger charge is 2.18. The molecule has 1 unspecified atom stereocenters. The van der Waals surface area contributed by atoms with Gasteiger partial charge < -0.3 is 9.64 Å². The molecule has 1 fully saturated rings. The second-order valence-electron chi connectivity index (χ2n) is 5.32. The fourth-order valence-corrected chi connectivity index (χ4v) is 2.97. The summed E-state index contributed by atoms with van der Waals surface area (Å²) in [5.41, 5.74) is 0. The number of halogens is 1. The monoisotopic (exact) mass is 291 g/mol. The van der Waals surface area contributed by atoms with Crippen LogP contribution in [0.15, 0.2) is 24.3 Å². The Kier molecular flexibility index (Phi) is 4.03. The fourth-order valence-electron chi connectivity index (χ4n) is 2.76. The van der Waals surface area contributed by atoms with Gasteiger partial charge in [-0.3, -0.25) is 0 Å². The third kappa shape index (κ3) is 2.72. The molecule has 1 aliphatic rings. The van der Waals surface area contributed by atoms with E-state index in [1.807, 2.05) is 24.3 Å². The van der Waals surface area contributed by atoms with E-state index >= 15 is 0 Å². The maximum atomic E-state index is 6.11. The minimum Gasteiger partial charge on any atom is -0.381 e. The maximum Gasteiger partial charge on any atom is 0.159 e. The molecule has 0 radical (unpaired) electrons. The molecule has 1 atom stereocenters. The Balaban J connectivity index is 1.87. The van der Waals surface area contributed by atoms with E-state index in [4.69, 9.17) is 16.3 Å². The Labute approximate surface area is 123 Å². The van der Waals surface area contributed by atoms with Gasteiger partial charge in [-0.25, -0.2) is 0 Å². The standard InChI is InChI=1S/C15H18ClN3O/c1-19(9-11-5-4-8-20-10-11)15-13-7-3-2-6-12(13)14(16)17-18-15/h2-3,6-7,11H,4-5,8-10H2,1H3. The molecule has 1 aromatic heterocycles. The molecule has 0 spiro atoms. The van der Waals surface area contributed by atoms with E-state index in [9.17, 15) is 0 Å². The van der Waals surface area contributed by atoms with Gasteiger partial charge in [0.05, 0.1) is 6.61 Å². The molecule has 20 heavy (non-hydrogen) atoms. The summed E-state index contributed by atoms with van der Waals surface area (Å²) >= 11 is 6.11. The Bertz CT molecular complexity index is 599. The molecule has 0 bridgehead atoms. The summed E-state index contributed by atoms with van der Waals surface area (Å²) in [5, 5.41) is 10.8. The van der Waals surface area contributed by atoms with Gasteiger partial charge in [-0.1, -0.05) is 35.9 Å². The van der Waals surface area contributed by atoms with Crippen LogP contribution < -0.4 is 4.90 Å². The summed E-state index contributed by atoms with van der Waals surface area (Å²) in [6.45, 7) is 2.66. The van der Waals surface area contributed by atoms with Crippen molar-refractivity contribution in [3.8, 4) is 0 Å². The molecular weight excluding hydrogens is 274 g/mol.